The van der Waals surface area contributed by atoms with Crippen LogP contribution >= 0.6 is 0 Å². The number of halogens is 4. The number of benzene rings is 2. The average molecular weight is 565 g/mol. The highest BCUT2D eigenvalue weighted by molar-refractivity contribution is 5.94. The van der Waals surface area contributed by atoms with Crippen LogP contribution in [0.25, 0.3) is 5.69 Å². The molecule has 3 aromatic rings. The van der Waals surface area contributed by atoms with Crippen LogP contribution in [-0.4, -0.2) is 33.9 Å². The number of hydrogen-bond donors (Lipinski definition) is 3. The molecule has 11 heteroatoms. The summed E-state index contributed by atoms with van der Waals surface area (Å²) >= 11 is 0. The van der Waals surface area contributed by atoms with Crippen LogP contribution in [0.15, 0.2) is 78.9 Å². The number of aromatic nitrogens is 2. The standard InChI is InChI=1S/C30H28F4N6O/c31-29(27(37-18-19-10-11-19)22-7-3-5-20(13-22)16-35)12-2-1-9-25(29)38-28(41)24-15-26(30(32,33)34)39-40(24)23-8-4-6-21(14-23)17-36/h1-9,12-15,19,25,27,37H,10-11,17-18,36H2,(H,38,41). The van der Waals surface area contributed by atoms with Gasteiger partial charge in [-0.2, -0.15) is 23.5 Å². The molecule has 3 atom stereocenters. The predicted octanol–water partition coefficient (Wildman–Crippen LogP) is 4.90. The van der Waals surface area contributed by atoms with E-state index in [1.165, 1.54) is 30.4 Å². The molecule has 7 nitrogen and oxygen atoms in total. The number of nitrogens with one attached hydrogen (secondary N) is 2. The van der Waals surface area contributed by atoms with Gasteiger partial charge in [0.25, 0.3) is 5.91 Å². The zero-order valence-electron chi connectivity index (χ0n) is 21.9. The van der Waals surface area contributed by atoms with Gasteiger partial charge in [0.15, 0.2) is 11.4 Å². The lowest BCUT2D eigenvalue weighted by Gasteiger charge is -2.39. The first-order valence-corrected chi connectivity index (χ1v) is 13.2. The zero-order chi connectivity index (χ0) is 29.2. The summed E-state index contributed by atoms with van der Waals surface area (Å²) in [6, 6.07) is 13.4. The van der Waals surface area contributed by atoms with Crippen molar-refractivity contribution in [3.63, 3.8) is 0 Å². The average Bonchev–Trinajstić information content (AvgIpc) is 3.67. The molecule has 5 rings (SSSR count). The van der Waals surface area contributed by atoms with Gasteiger partial charge < -0.3 is 16.4 Å². The Bertz CT molecular complexity index is 1530. The van der Waals surface area contributed by atoms with Gasteiger partial charge in [0, 0.05) is 12.6 Å². The summed E-state index contributed by atoms with van der Waals surface area (Å²) in [7, 11) is 0. The first-order valence-electron chi connectivity index (χ1n) is 13.2. The quantitative estimate of drug-likeness (QED) is 0.321. The molecule has 4 N–H and O–H groups in total. The second-order valence-corrected chi connectivity index (χ2v) is 10.2. The van der Waals surface area contributed by atoms with E-state index in [1.54, 1.807) is 42.5 Å². The van der Waals surface area contributed by atoms with Crippen LogP contribution in [0.2, 0.25) is 0 Å². The molecule has 1 amide bonds. The van der Waals surface area contributed by atoms with Crippen molar-refractivity contribution in [1.82, 2.24) is 20.4 Å². The molecule has 0 saturated heterocycles. The Morgan fingerprint density at radius 3 is 2.66 bits per heavy atom. The van der Waals surface area contributed by atoms with Crippen molar-refractivity contribution in [2.45, 2.75) is 43.3 Å². The molecule has 41 heavy (non-hydrogen) atoms. The number of carbonyl (C=O) groups excluding carboxylic acids is 1. The van der Waals surface area contributed by atoms with Crippen molar-refractivity contribution < 1.29 is 22.4 Å². The van der Waals surface area contributed by atoms with Crippen LogP contribution in [0.3, 0.4) is 0 Å². The SMILES string of the molecule is N#Cc1cccc(C(NCC2CC2)C2(F)C=CC=CC2NC(=O)c2cc(C(F)(F)F)nn2-c2cccc(CN)c2)c1. The third-order valence-corrected chi connectivity index (χ3v) is 7.25. The van der Waals surface area contributed by atoms with Crippen LogP contribution in [-0.2, 0) is 12.7 Å². The van der Waals surface area contributed by atoms with Crippen molar-refractivity contribution in [3.05, 3.63) is 107 Å². The summed E-state index contributed by atoms with van der Waals surface area (Å²) in [6.07, 6.45) is 3.09. The zero-order valence-corrected chi connectivity index (χ0v) is 21.9. The second-order valence-electron chi connectivity index (χ2n) is 10.2. The van der Waals surface area contributed by atoms with E-state index in [2.05, 4.69) is 21.8 Å². The number of nitriles is 1. The van der Waals surface area contributed by atoms with E-state index >= 15 is 4.39 Å². The van der Waals surface area contributed by atoms with Crippen LogP contribution in [0.4, 0.5) is 17.6 Å². The summed E-state index contributed by atoms with van der Waals surface area (Å²) in [6.45, 7) is 0.666. The molecule has 1 fully saturated rings. The van der Waals surface area contributed by atoms with Crippen molar-refractivity contribution in [1.29, 1.82) is 5.26 Å². The van der Waals surface area contributed by atoms with E-state index in [0.29, 0.717) is 35.2 Å². The molecule has 2 aromatic carbocycles. The highest BCUT2D eigenvalue weighted by Gasteiger charge is 2.47. The van der Waals surface area contributed by atoms with Crippen LogP contribution in [0.1, 0.15) is 51.8 Å². The van der Waals surface area contributed by atoms with E-state index in [4.69, 9.17) is 5.73 Å². The van der Waals surface area contributed by atoms with Crippen molar-refractivity contribution in [2.75, 3.05) is 6.54 Å². The summed E-state index contributed by atoms with van der Waals surface area (Å²) in [5.41, 5.74) is 3.50. The van der Waals surface area contributed by atoms with Gasteiger partial charge in [-0.15, -0.1) is 0 Å². The number of nitrogens with zero attached hydrogens (tertiary/aromatic N) is 3. The third kappa shape index (κ3) is 6.09. The molecular formula is C30H28F4N6O. The van der Waals surface area contributed by atoms with Gasteiger partial charge in [0.2, 0.25) is 0 Å². The molecule has 0 radical (unpaired) electrons. The second kappa shape index (κ2) is 11.3. The minimum atomic E-state index is -4.81. The number of allylic oxidation sites excluding steroid dienone is 2. The molecule has 0 bridgehead atoms. The molecule has 1 saturated carbocycles. The molecule has 212 valence electrons. The van der Waals surface area contributed by atoms with Gasteiger partial charge in [-0.1, -0.05) is 42.5 Å². The predicted molar refractivity (Wildman–Crippen MR) is 144 cm³/mol. The Morgan fingerprint density at radius 1 is 1.17 bits per heavy atom. The third-order valence-electron chi connectivity index (χ3n) is 7.25. The van der Waals surface area contributed by atoms with E-state index in [9.17, 15) is 23.2 Å². The first-order chi connectivity index (χ1) is 19.6. The minimum absolute atomic E-state index is 0.134. The molecule has 0 aliphatic heterocycles. The van der Waals surface area contributed by atoms with Crippen LogP contribution in [0.5, 0.6) is 0 Å². The Morgan fingerprint density at radius 2 is 1.95 bits per heavy atom. The molecule has 1 heterocycles. The lowest BCUT2D eigenvalue weighted by molar-refractivity contribution is -0.141. The fourth-order valence-corrected chi connectivity index (χ4v) is 4.90. The van der Waals surface area contributed by atoms with Gasteiger partial charge in [0.1, 0.15) is 5.69 Å². The number of hydrogen-bond acceptors (Lipinski definition) is 5. The van der Waals surface area contributed by atoms with Gasteiger partial charge in [0.05, 0.1) is 29.4 Å². The highest BCUT2D eigenvalue weighted by Crippen LogP contribution is 2.39. The first kappa shape index (κ1) is 28.3. The molecular weight excluding hydrogens is 536 g/mol. The lowest BCUT2D eigenvalue weighted by atomic mass is 9.80. The Labute approximate surface area is 234 Å². The van der Waals surface area contributed by atoms with Gasteiger partial charge >= 0.3 is 6.18 Å². The number of nitrogens with two attached hydrogens (primary N) is 1. The fraction of sp³-hybridized carbons (Fsp3) is 0.300. The maximum atomic E-state index is 17.2. The summed E-state index contributed by atoms with van der Waals surface area (Å²) in [4.78, 5) is 13.6. The fourth-order valence-electron chi connectivity index (χ4n) is 4.90. The molecule has 1 aromatic heterocycles. The summed E-state index contributed by atoms with van der Waals surface area (Å²) in [5.74, 6) is -0.541. The Balaban J connectivity index is 1.50. The number of carbonyl (C=O) groups is 1. The largest absolute Gasteiger partial charge is 0.435 e. The maximum Gasteiger partial charge on any atom is 0.435 e. The van der Waals surface area contributed by atoms with Gasteiger partial charge in [-0.25, -0.2) is 9.07 Å². The normalized spacial score (nSPS) is 20.9. The van der Waals surface area contributed by atoms with Gasteiger partial charge in [-0.3, -0.25) is 4.79 Å². The lowest BCUT2D eigenvalue weighted by Crippen LogP contribution is -2.55. The van der Waals surface area contributed by atoms with E-state index in [-0.39, 0.29) is 12.2 Å². The molecule has 2 aliphatic carbocycles. The Hall–Kier alpha value is -4.27. The van der Waals surface area contributed by atoms with E-state index in [1.807, 2.05) is 0 Å². The van der Waals surface area contributed by atoms with Crippen molar-refractivity contribution in [3.8, 4) is 11.8 Å². The molecule has 3 unspecified atom stereocenters. The Kier molecular flexibility index (Phi) is 7.80. The summed E-state index contributed by atoms with van der Waals surface area (Å²) in [5, 5.41) is 18.9. The number of rotatable bonds is 9. The number of alkyl halides is 4. The highest BCUT2D eigenvalue weighted by atomic mass is 19.4. The number of amides is 1. The summed E-state index contributed by atoms with van der Waals surface area (Å²) < 4.78 is 59.0. The van der Waals surface area contributed by atoms with E-state index in [0.717, 1.165) is 17.5 Å². The van der Waals surface area contributed by atoms with Crippen molar-refractivity contribution >= 4 is 5.91 Å². The topological polar surface area (TPSA) is 109 Å². The molecule has 2 aliphatic rings. The maximum absolute atomic E-state index is 17.2. The van der Waals surface area contributed by atoms with E-state index < -0.39 is 41.2 Å². The van der Waals surface area contributed by atoms with Gasteiger partial charge in [-0.05, 0) is 66.8 Å². The molecule has 0 spiro atoms. The van der Waals surface area contributed by atoms with Crippen LogP contribution in [0, 0.1) is 17.2 Å². The van der Waals surface area contributed by atoms with Crippen molar-refractivity contribution in [2.24, 2.45) is 11.7 Å². The van der Waals surface area contributed by atoms with Crippen LogP contribution < -0.4 is 16.4 Å². The smallest absolute Gasteiger partial charge is 0.341 e. The monoisotopic (exact) mass is 564 g/mol. The minimum Gasteiger partial charge on any atom is -0.341 e.